The molecule has 4 heteroatoms. The minimum absolute atomic E-state index is 0.184. The van der Waals surface area contributed by atoms with E-state index in [0.717, 1.165) is 31.5 Å². The summed E-state index contributed by atoms with van der Waals surface area (Å²) in [6.45, 7) is 5.61. The largest absolute Gasteiger partial charge is 0.493 e. The SMILES string of the molecule is COc1cccc(C(C)(C)O)c1OC1CCN(C)CC1. The normalized spacial score (nSPS) is 18.1. The maximum atomic E-state index is 10.3. The molecule has 0 amide bonds. The van der Waals surface area contributed by atoms with E-state index in [4.69, 9.17) is 9.47 Å². The standard InChI is InChI=1S/C16H25NO3/c1-16(2,18)13-6-5-7-14(19-4)15(13)20-12-8-10-17(3)11-9-12/h5-7,12,18H,8-11H2,1-4H3. The molecule has 1 aliphatic rings. The Bertz CT molecular complexity index is 446. The molecule has 1 aromatic rings. The van der Waals surface area contributed by atoms with Crippen molar-refractivity contribution in [3.63, 3.8) is 0 Å². The van der Waals surface area contributed by atoms with Crippen molar-refractivity contribution >= 4 is 0 Å². The van der Waals surface area contributed by atoms with Gasteiger partial charge in [0.1, 0.15) is 6.10 Å². The van der Waals surface area contributed by atoms with E-state index in [2.05, 4.69) is 11.9 Å². The van der Waals surface area contributed by atoms with Crippen LogP contribution in [0.15, 0.2) is 18.2 Å². The van der Waals surface area contributed by atoms with Crippen LogP contribution in [0.1, 0.15) is 32.3 Å². The first kappa shape index (κ1) is 15.1. The highest BCUT2D eigenvalue weighted by atomic mass is 16.5. The molecule has 0 bridgehead atoms. The fraction of sp³-hybridized carbons (Fsp3) is 0.625. The third-order valence-corrected chi connectivity index (χ3v) is 3.81. The molecule has 0 aromatic heterocycles. The van der Waals surface area contributed by atoms with Crippen LogP contribution in [0.4, 0.5) is 0 Å². The minimum atomic E-state index is -0.949. The van der Waals surface area contributed by atoms with Crippen LogP contribution in [0.3, 0.4) is 0 Å². The Hall–Kier alpha value is -1.26. The van der Waals surface area contributed by atoms with Crippen molar-refractivity contribution in [3.8, 4) is 11.5 Å². The van der Waals surface area contributed by atoms with E-state index in [1.165, 1.54) is 0 Å². The van der Waals surface area contributed by atoms with Crippen molar-refractivity contribution in [1.29, 1.82) is 0 Å². The lowest BCUT2D eigenvalue weighted by Crippen LogP contribution is -2.36. The Morgan fingerprint density at radius 1 is 1.25 bits per heavy atom. The van der Waals surface area contributed by atoms with Crippen LogP contribution < -0.4 is 9.47 Å². The number of hydrogen-bond donors (Lipinski definition) is 1. The second-order valence-electron chi connectivity index (χ2n) is 6.02. The van der Waals surface area contributed by atoms with Gasteiger partial charge in [0, 0.05) is 18.7 Å². The molecule has 0 aliphatic carbocycles. The lowest BCUT2D eigenvalue weighted by atomic mass is 9.96. The van der Waals surface area contributed by atoms with Gasteiger partial charge in [-0.25, -0.2) is 0 Å². The Labute approximate surface area is 121 Å². The quantitative estimate of drug-likeness (QED) is 0.919. The number of methoxy groups -OCH3 is 1. The summed E-state index contributed by atoms with van der Waals surface area (Å²) >= 11 is 0. The molecule has 1 aromatic carbocycles. The van der Waals surface area contributed by atoms with Crippen LogP contribution in [0.25, 0.3) is 0 Å². The number of benzene rings is 1. The van der Waals surface area contributed by atoms with Crippen LogP contribution in [0.2, 0.25) is 0 Å². The minimum Gasteiger partial charge on any atom is -0.493 e. The zero-order valence-corrected chi connectivity index (χ0v) is 12.8. The molecular weight excluding hydrogens is 254 g/mol. The molecular formula is C16H25NO3. The zero-order chi connectivity index (χ0) is 14.8. The third kappa shape index (κ3) is 3.44. The second kappa shape index (κ2) is 6.02. The van der Waals surface area contributed by atoms with Crippen molar-refractivity contribution in [3.05, 3.63) is 23.8 Å². The van der Waals surface area contributed by atoms with E-state index in [1.807, 2.05) is 18.2 Å². The van der Waals surface area contributed by atoms with E-state index >= 15 is 0 Å². The summed E-state index contributed by atoms with van der Waals surface area (Å²) in [5, 5.41) is 10.3. The first-order valence-electron chi connectivity index (χ1n) is 7.17. The van der Waals surface area contributed by atoms with Crippen LogP contribution in [-0.4, -0.2) is 43.4 Å². The van der Waals surface area contributed by atoms with Gasteiger partial charge in [-0.2, -0.15) is 0 Å². The molecule has 20 heavy (non-hydrogen) atoms. The fourth-order valence-electron chi connectivity index (χ4n) is 2.55. The first-order valence-corrected chi connectivity index (χ1v) is 7.17. The second-order valence-corrected chi connectivity index (χ2v) is 6.02. The molecule has 0 saturated carbocycles. The molecule has 0 unspecified atom stereocenters. The number of rotatable bonds is 4. The van der Waals surface area contributed by atoms with Gasteiger partial charge in [-0.1, -0.05) is 12.1 Å². The van der Waals surface area contributed by atoms with Crippen LogP contribution in [0, 0.1) is 0 Å². The monoisotopic (exact) mass is 279 g/mol. The summed E-state index contributed by atoms with van der Waals surface area (Å²) in [7, 11) is 3.76. The Morgan fingerprint density at radius 3 is 2.45 bits per heavy atom. The highest BCUT2D eigenvalue weighted by Gasteiger charge is 2.27. The number of nitrogens with zero attached hydrogens (tertiary/aromatic N) is 1. The summed E-state index contributed by atoms with van der Waals surface area (Å²) in [6, 6.07) is 5.65. The molecule has 4 nitrogen and oxygen atoms in total. The first-order chi connectivity index (χ1) is 9.41. The summed E-state index contributed by atoms with van der Waals surface area (Å²) in [6.07, 6.45) is 2.18. The predicted octanol–water partition coefficient (Wildman–Crippen LogP) is 2.40. The van der Waals surface area contributed by atoms with Gasteiger partial charge in [0.2, 0.25) is 0 Å². The van der Waals surface area contributed by atoms with Crippen molar-refractivity contribution < 1.29 is 14.6 Å². The smallest absolute Gasteiger partial charge is 0.167 e. The average Bonchev–Trinajstić information content (AvgIpc) is 2.40. The predicted molar refractivity (Wildman–Crippen MR) is 79.4 cm³/mol. The number of hydrogen-bond acceptors (Lipinski definition) is 4. The number of piperidine rings is 1. The molecule has 1 N–H and O–H groups in total. The summed E-state index contributed by atoms with van der Waals surface area (Å²) in [5.41, 5.74) is -0.175. The van der Waals surface area contributed by atoms with Gasteiger partial charge in [0.05, 0.1) is 12.7 Å². The van der Waals surface area contributed by atoms with Crippen molar-refractivity contribution in [2.24, 2.45) is 0 Å². The molecule has 0 atom stereocenters. The maximum Gasteiger partial charge on any atom is 0.167 e. The lowest BCUT2D eigenvalue weighted by Gasteiger charge is -2.31. The van der Waals surface area contributed by atoms with E-state index < -0.39 is 5.60 Å². The van der Waals surface area contributed by atoms with E-state index in [9.17, 15) is 5.11 Å². The molecule has 0 radical (unpaired) electrons. The lowest BCUT2D eigenvalue weighted by molar-refractivity contribution is 0.0649. The Kier molecular flexibility index (Phi) is 4.55. The molecule has 112 valence electrons. The van der Waals surface area contributed by atoms with Crippen molar-refractivity contribution in [2.75, 3.05) is 27.2 Å². The Balaban J connectivity index is 2.25. The Morgan fingerprint density at radius 2 is 1.90 bits per heavy atom. The number of para-hydroxylation sites is 1. The van der Waals surface area contributed by atoms with Gasteiger partial charge in [-0.15, -0.1) is 0 Å². The molecule has 1 saturated heterocycles. The highest BCUT2D eigenvalue weighted by molar-refractivity contribution is 5.49. The van der Waals surface area contributed by atoms with E-state index in [0.29, 0.717) is 11.5 Å². The summed E-state index contributed by atoms with van der Waals surface area (Å²) in [5.74, 6) is 1.36. The van der Waals surface area contributed by atoms with Gasteiger partial charge in [0.25, 0.3) is 0 Å². The summed E-state index contributed by atoms with van der Waals surface area (Å²) in [4.78, 5) is 2.30. The van der Waals surface area contributed by atoms with Gasteiger partial charge in [0.15, 0.2) is 11.5 Å². The highest BCUT2D eigenvalue weighted by Crippen LogP contribution is 2.38. The topological polar surface area (TPSA) is 41.9 Å². The molecule has 1 aliphatic heterocycles. The third-order valence-electron chi connectivity index (χ3n) is 3.81. The number of aliphatic hydroxyl groups is 1. The zero-order valence-electron chi connectivity index (χ0n) is 12.8. The average molecular weight is 279 g/mol. The maximum absolute atomic E-state index is 10.3. The summed E-state index contributed by atoms with van der Waals surface area (Å²) < 4.78 is 11.6. The molecule has 1 heterocycles. The van der Waals surface area contributed by atoms with Gasteiger partial charge < -0.3 is 19.5 Å². The van der Waals surface area contributed by atoms with Gasteiger partial charge in [-0.3, -0.25) is 0 Å². The molecule has 2 rings (SSSR count). The fourth-order valence-corrected chi connectivity index (χ4v) is 2.55. The number of ether oxygens (including phenoxy) is 2. The van der Waals surface area contributed by atoms with Crippen LogP contribution in [0.5, 0.6) is 11.5 Å². The van der Waals surface area contributed by atoms with Crippen LogP contribution >= 0.6 is 0 Å². The van der Waals surface area contributed by atoms with Gasteiger partial charge in [-0.05, 0) is 39.8 Å². The van der Waals surface area contributed by atoms with E-state index in [1.54, 1.807) is 21.0 Å². The van der Waals surface area contributed by atoms with Gasteiger partial charge >= 0.3 is 0 Å². The molecule has 1 fully saturated rings. The number of likely N-dealkylation sites (tertiary alicyclic amines) is 1. The van der Waals surface area contributed by atoms with Crippen LogP contribution in [-0.2, 0) is 5.60 Å². The van der Waals surface area contributed by atoms with Crippen molar-refractivity contribution in [1.82, 2.24) is 4.90 Å². The molecule has 0 spiro atoms. The van der Waals surface area contributed by atoms with Crippen molar-refractivity contribution in [2.45, 2.75) is 38.4 Å². The van der Waals surface area contributed by atoms with E-state index in [-0.39, 0.29) is 6.10 Å².